The van der Waals surface area contributed by atoms with Crippen molar-refractivity contribution in [1.29, 1.82) is 0 Å². The molecule has 0 atom stereocenters. The first-order valence-corrected chi connectivity index (χ1v) is 4.42. The van der Waals surface area contributed by atoms with Gasteiger partial charge in [-0.05, 0) is 22.0 Å². The van der Waals surface area contributed by atoms with E-state index in [1.165, 1.54) is 6.07 Å². The molecule has 0 fully saturated rings. The van der Waals surface area contributed by atoms with Crippen molar-refractivity contribution in [1.82, 2.24) is 0 Å². The van der Waals surface area contributed by atoms with Crippen molar-refractivity contribution >= 4 is 21.6 Å². The molecule has 0 spiro atoms. The summed E-state index contributed by atoms with van der Waals surface area (Å²) in [7, 11) is 0. The van der Waals surface area contributed by atoms with Gasteiger partial charge < -0.3 is 10.1 Å². The molecule has 1 heterocycles. The highest BCUT2D eigenvalue weighted by Crippen LogP contribution is 2.32. The maximum absolute atomic E-state index is 13.0. The van der Waals surface area contributed by atoms with E-state index in [1.54, 1.807) is 6.07 Å². The lowest BCUT2D eigenvalue weighted by Crippen LogP contribution is -2.18. The Balaban J connectivity index is 2.49. The highest BCUT2D eigenvalue weighted by Gasteiger charge is 2.12. The number of hydrogen-bond donors (Lipinski definition) is 1. The van der Waals surface area contributed by atoms with Crippen LogP contribution in [0.3, 0.4) is 0 Å². The fourth-order valence-corrected chi connectivity index (χ4v) is 1.46. The van der Waals surface area contributed by atoms with Gasteiger partial charge >= 0.3 is 0 Å². The number of fused-ring (bicyclic) bond motifs is 1. The lowest BCUT2D eigenvalue weighted by Gasteiger charge is -2.19. The van der Waals surface area contributed by atoms with Gasteiger partial charge in [0.2, 0.25) is 0 Å². The minimum absolute atomic E-state index is 0.272. The minimum Gasteiger partial charge on any atom is -0.490 e. The van der Waals surface area contributed by atoms with Gasteiger partial charge in [-0.3, -0.25) is 0 Å². The van der Waals surface area contributed by atoms with E-state index in [4.69, 9.17) is 4.74 Å². The molecular weight excluding hydrogens is 225 g/mol. The van der Waals surface area contributed by atoms with Crippen LogP contribution in [0.25, 0.3) is 0 Å². The average molecular weight is 232 g/mol. The summed E-state index contributed by atoms with van der Waals surface area (Å²) in [6.45, 7) is 1.36. The number of rotatable bonds is 0. The maximum Gasteiger partial charge on any atom is 0.143 e. The highest BCUT2D eigenvalue weighted by atomic mass is 79.9. The number of halogens is 2. The molecule has 0 bridgehead atoms. The zero-order valence-electron chi connectivity index (χ0n) is 6.23. The summed E-state index contributed by atoms with van der Waals surface area (Å²) in [5, 5.41) is 3.04. The largest absolute Gasteiger partial charge is 0.490 e. The molecule has 0 aromatic heterocycles. The molecule has 0 saturated carbocycles. The van der Waals surface area contributed by atoms with Crippen molar-refractivity contribution in [3.8, 4) is 5.75 Å². The fraction of sp³-hybridized carbons (Fsp3) is 0.250. The second-order valence-corrected chi connectivity index (χ2v) is 3.39. The first kappa shape index (κ1) is 7.86. The molecule has 1 aromatic rings. The van der Waals surface area contributed by atoms with Crippen molar-refractivity contribution < 1.29 is 9.13 Å². The normalized spacial score (nSPS) is 14.5. The van der Waals surface area contributed by atoms with Gasteiger partial charge in [0.25, 0.3) is 0 Å². The zero-order chi connectivity index (χ0) is 8.55. The van der Waals surface area contributed by atoms with E-state index in [0.29, 0.717) is 16.8 Å². The summed E-state index contributed by atoms with van der Waals surface area (Å²) in [6.07, 6.45) is 0. The van der Waals surface area contributed by atoms with Crippen molar-refractivity contribution in [2.45, 2.75) is 0 Å². The zero-order valence-corrected chi connectivity index (χ0v) is 7.82. The number of benzene rings is 1. The Bertz CT molecular complexity index is 285. The van der Waals surface area contributed by atoms with E-state index < -0.39 is 0 Å². The van der Waals surface area contributed by atoms with Crippen LogP contribution >= 0.6 is 15.9 Å². The van der Waals surface area contributed by atoms with E-state index >= 15 is 0 Å². The maximum atomic E-state index is 13.0. The van der Waals surface area contributed by atoms with Crippen LogP contribution in [0.4, 0.5) is 10.1 Å². The highest BCUT2D eigenvalue weighted by molar-refractivity contribution is 9.10. The molecule has 0 saturated heterocycles. The van der Waals surface area contributed by atoms with Crippen molar-refractivity contribution in [3.63, 3.8) is 0 Å². The van der Waals surface area contributed by atoms with E-state index in [-0.39, 0.29) is 5.82 Å². The third-order valence-electron chi connectivity index (χ3n) is 1.70. The van der Waals surface area contributed by atoms with Crippen LogP contribution in [-0.4, -0.2) is 13.2 Å². The van der Waals surface area contributed by atoms with E-state index in [9.17, 15) is 4.39 Å². The fourth-order valence-electron chi connectivity index (χ4n) is 1.13. The molecule has 0 radical (unpaired) electrons. The van der Waals surface area contributed by atoms with Crippen LogP contribution in [0.5, 0.6) is 5.75 Å². The van der Waals surface area contributed by atoms with Gasteiger partial charge in [0.15, 0.2) is 0 Å². The van der Waals surface area contributed by atoms with Gasteiger partial charge in [0.05, 0.1) is 10.2 Å². The van der Waals surface area contributed by atoms with Crippen molar-refractivity contribution in [2.75, 3.05) is 18.5 Å². The quantitative estimate of drug-likeness (QED) is 0.741. The third kappa shape index (κ3) is 1.27. The van der Waals surface area contributed by atoms with Crippen LogP contribution in [0.1, 0.15) is 0 Å². The molecule has 64 valence electrons. The monoisotopic (exact) mass is 231 g/mol. The molecule has 2 rings (SSSR count). The molecule has 1 aliphatic rings. The second kappa shape index (κ2) is 2.94. The van der Waals surface area contributed by atoms with Crippen LogP contribution < -0.4 is 10.1 Å². The van der Waals surface area contributed by atoms with E-state index in [1.807, 2.05) is 0 Å². The third-order valence-corrected chi connectivity index (χ3v) is 2.31. The van der Waals surface area contributed by atoms with Gasteiger partial charge in [0, 0.05) is 12.6 Å². The molecule has 0 aliphatic carbocycles. The first-order chi connectivity index (χ1) is 5.77. The summed E-state index contributed by atoms with van der Waals surface area (Å²) >= 11 is 3.09. The Hall–Kier alpha value is -0.770. The average Bonchev–Trinajstić information content (AvgIpc) is 2.07. The Morgan fingerprint density at radius 1 is 1.50 bits per heavy atom. The molecule has 1 aliphatic heterocycles. The molecule has 0 unspecified atom stereocenters. The standard InChI is InChI=1S/C8H7BrFNO/c9-5-3-8-7(4-6(5)10)11-1-2-12-8/h3-4,11H,1-2H2. The lowest BCUT2D eigenvalue weighted by molar-refractivity contribution is 0.322. The van der Waals surface area contributed by atoms with Gasteiger partial charge in [-0.25, -0.2) is 4.39 Å². The summed E-state index contributed by atoms with van der Waals surface area (Å²) < 4.78 is 18.7. The number of nitrogens with one attached hydrogen (secondary N) is 1. The summed E-state index contributed by atoms with van der Waals surface area (Å²) in [5.41, 5.74) is 0.724. The van der Waals surface area contributed by atoms with Gasteiger partial charge in [-0.1, -0.05) is 0 Å². The van der Waals surface area contributed by atoms with Gasteiger partial charge in [0.1, 0.15) is 18.2 Å². The number of hydrogen-bond acceptors (Lipinski definition) is 2. The minimum atomic E-state index is -0.272. The lowest BCUT2D eigenvalue weighted by atomic mass is 10.2. The Morgan fingerprint density at radius 3 is 3.17 bits per heavy atom. The van der Waals surface area contributed by atoms with Crippen LogP contribution in [-0.2, 0) is 0 Å². The summed E-state index contributed by atoms with van der Waals surface area (Å²) in [5.74, 6) is 0.432. The van der Waals surface area contributed by atoms with E-state index in [0.717, 1.165) is 12.2 Å². The Labute approximate surface area is 77.9 Å². The predicted molar refractivity (Wildman–Crippen MR) is 48.1 cm³/mol. The van der Waals surface area contributed by atoms with Crippen molar-refractivity contribution in [3.05, 3.63) is 22.4 Å². The van der Waals surface area contributed by atoms with Gasteiger partial charge in [-0.2, -0.15) is 0 Å². The number of anilines is 1. The van der Waals surface area contributed by atoms with Crippen molar-refractivity contribution in [2.24, 2.45) is 0 Å². The Morgan fingerprint density at radius 2 is 2.33 bits per heavy atom. The topological polar surface area (TPSA) is 21.3 Å². The summed E-state index contributed by atoms with van der Waals surface area (Å²) in [6, 6.07) is 3.06. The molecule has 1 aromatic carbocycles. The molecule has 4 heteroatoms. The summed E-state index contributed by atoms with van der Waals surface area (Å²) in [4.78, 5) is 0. The molecule has 1 N–H and O–H groups in total. The molecule has 0 amide bonds. The van der Waals surface area contributed by atoms with Gasteiger partial charge in [-0.15, -0.1) is 0 Å². The van der Waals surface area contributed by atoms with Crippen LogP contribution in [0, 0.1) is 5.82 Å². The Kier molecular flexibility index (Phi) is 1.92. The van der Waals surface area contributed by atoms with Crippen LogP contribution in [0.2, 0.25) is 0 Å². The second-order valence-electron chi connectivity index (χ2n) is 2.54. The van der Waals surface area contributed by atoms with E-state index in [2.05, 4.69) is 21.2 Å². The molecule has 2 nitrogen and oxygen atoms in total. The van der Waals surface area contributed by atoms with Crippen LogP contribution in [0.15, 0.2) is 16.6 Å². The smallest absolute Gasteiger partial charge is 0.143 e. The first-order valence-electron chi connectivity index (χ1n) is 3.63. The predicted octanol–water partition coefficient (Wildman–Crippen LogP) is 2.39. The molecule has 12 heavy (non-hydrogen) atoms. The SMILES string of the molecule is Fc1cc2c(cc1Br)OCCN2. The number of ether oxygens (including phenoxy) is 1. The molecular formula is C8H7BrFNO.